The van der Waals surface area contributed by atoms with Crippen molar-refractivity contribution in [1.82, 2.24) is 4.98 Å². The normalized spacial score (nSPS) is 13.2. The third-order valence-corrected chi connectivity index (χ3v) is 3.05. The van der Waals surface area contributed by atoms with Crippen molar-refractivity contribution in [1.29, 1.82) is 0 Å². The van der Waals surface area contributed by atoms with Gasteiger partial charge in [0.25, 0.3) is 0 Å². The quantitative estimate of drug-likeness (QED) is 0.829. The number of nitrogens with zero attached hydrogens (tertiary/aromatic N) is 1. The maximum absolute atomic E-state index is 11.9. The zero-order valence-corrected chi connectivity index (χ0v) is 12.0. The number of carbonyl (C=O) groups is 1. The summed E-state index contributed by atoms with van der Waals surface area (Å²) in [6.45, 7) is 7.84. The van der Waals surface area contributed by atoms with Gasteiger partial charge in [-0.3, -0.25) is 4.79 Å². The Hall–Kier alpha value is -1.13. The molecule has 1 atom stereocenters. The number of carbonyl (C=O) groups excluding carboxylic acids is 1. The predicted octanol–water partition coefficient (Wildman–Crippen LogP) is 2.75. The number of hydrogen-bond acceptors (Lipinski definition) is 3. The van der Waals surface area contributed by atoms with E-state index in [0.717, 1.165) is 0 Å². The van der Waals surface area contributed by atoms with Gasteiger partial charge in [-0.2, -0.15) is 0 Å². The number of rotatable bonds is 3. The molecule has 3 N–H and O–H groups in total. The molecule has 1 aromatic heterocycles. The van der Waals surface area contributed by atoms with E-state index in [2.05, 4.69) is 10.3 Å². The topological polar surface area (TPSA) is 68.0 Å². The highest BCUT2D eigenvalue weighted by Crippen LogP contribution is 2.21. The Morgan fingerprint density at radius 2 is 2.11 bits per heavy atom. The molecule has 1 rings (SSSR count). The lowest BCUT2D eigenvalue weighted by Crippen LogP contribution is -2.38. The van der Waals surface area contributed by atoms with Crippen LogP contribution in [0.25, 0.3) is 0 Å². The Morgan fingerprint density at radius 1 is 1.50 bits per heavy atom. The van der Waals surface area contributed by atoms with E-state index in [0.29, 0.717) is 16.5 Å². The first-order valence-corrected chi connectivity index (χ1v) is 6.26. The second kappa shape index (κ2) is 5.67. The molecule has 18 heavy (non-hydrogen) atoms. The molecule has 0 aliphatic carbocycles. The molecule has 0 fully saturated rings. The van der Waals surface area contributed by atoms with Gasteiger partial charge in [0.05, 0.1) is 11.4 Å². The summed E-state index contributed by atoms with van der Waals surface area (Å²) >= 11 is 5.75. The summed E-state index contributed by atoms with van der Waals surface area (Å²) < 4.78 is 0. The molecule has 1 unspecified atom stereocenters. The van der Waals surface area contributed by atoms with Gasteiger partial charge in [0.2, 0.25) is 5.91 Å². The van der Waals surface area contributed by atoms with E-state index in [1.165, 1.54) is 0 Å². The van der Waals surface area contributed by atoms with E-state index in [1.807, 2.05) is 20.8 Å². The van der Waals surface area contributed by atoms with E-state index in [9.17, 15) is 4.79 Å². The summed E-state index contributed by atoms with van der Waals surface area (Å²) in [7, 11) is 0. The summed E-state index contributed by atoms with van der Waals surface area (Å²) in [6.07, 6.45) is 0.283. The highest BCUT2D eigenvalue weighted by atomic mass is 35.5. The number of anilines is 1. The summed E-state index contributed by atoms with van der Waals surface area (Å²) in [5.41, 5.74) is 7.24. The molecule has 0 bridgehead atoms. The smallest absolute Gasteiger partial charge is 0.226 e. The van der Waals surface area contributed by atoms with Gasteiger partial charge < -0.3 is 11.1 Å². The largest absolute Gasteiger partial charge is 0.327 e. The lowest BCUT2D eigenvalue weighted by atomic mass is 9.85. The van der Waals surface area contributed by atoms with Crippen LogP contribution in [0.5, 0.6) is 0 Å². The number of nitrogens with two attached hydrogens (primary N) is 1. The van der Waals surface area contributed by atoms with Crippen LogP contribution in [-0.4, -0.2) is 16.9 Å². The third-order valence-electron chi connectivity index (χ3n) is 2.84. The molecule has 1 amide bonds. The Labute approximate surface area is 113 Å². The zero-order chi connectivity index (χ0) is 13.9. The summed E-state index contributed by atoms with van der Waals surface area (Å²) in [6, 6.07) is 3.21. The molecular formula is C13H20ClN3O. The van der Waals surface area contributed by atoms with Crippen molar-refractivity contribution >= 4 is 23.2 Å². The summed E-state index contributed by atoms with van der Waals surface area (Å²) in [4.78, 5) is 15.9. The molecule has 0 aliphatic rings. The Balaban J connectivity index is 2.65. The fraction of sp³-hybridized carbons (Fsp3) is 0.538. The molecule has 5 heteroatoms. The molecular weight excluding hydrogens is 250 g/mol. The Kier molecular flexibility index (Phi) is 4.71. The number of halogens is 1. The number of amides is 1. The van der Waals surface area contributed by atoms with Gasteiger partial charge in [0.1, 0.15) is 5.15 Å². The van der Waals surface area contributed by atoms with Gasteiger partial charge >= 0.3 is 0 Å². The van der Waals surface area contributed by atoms with Gasteiger partial charge in [-0.25, -0.2) is 4.98 Å². The van der Waals surface area contributed by atoms with E-state index in [4.69, 9.17) is 17.3 Å². The number of pyridine rings is 1. The van der Waals surface area contributed by atoms with E-state index in [1.54, 1.807) is 19.1 Å². The summed E-state index contributed by atoms with van der Waals surface area (Å²) in [5, 5.41) is 3.21. The van der Waals surface area contributed by atoms with Crippen LogP contribution < -0.4 is 11.1 Å². The first-order valence-electron chi connectivity index (χ1n) is 5.88. The molecule has 0 aliphatic heterocycles. The van der Waals surface area contributed by atoms with Crippen LogP contribution in [0.4, 0.5) is 5.69 Å². The van der Waals surface area contributed by atoms with Crippen molar-refractivity contribution in [3.8, 4) is 0 Å². The Bertz CT molecular complexity index is 440. The first-order chi connectivity index (χ1) is 8.20. The molecule has 100 valence electrons. The van der Waals surface area contributed by atoms with Crippen LogP contribution in [0, 0.1) is 12.3 Å². The average Bonchev–Trinajstić information content (AvgIpc) is 2.20. The lowest BCUT2D eigenvalue weighted by Gasteiger charge is -2.26. The molecule has 0 saturated carbocycles. The van der Waals surface area contributed by atoms with Crippen molar-refractivity contribution in [2.24, 2.45) is 11.1 Å². The van der Waals surface area contributed by atoms with Crippen LogP contribution >= 0.6 is 11.6 Å². The van der Waals surface area contributed by atoms with Crippen LogP contribution in [0.1, 0.15) is 32.9 Å². The minimum Gasteiger partial charge on any atom is -0.327 e. The second-order valence-electron chi connectivity index (χ2n) is 5.49. The van der Waals surface area contributed by atoms with Gasteiger partial charge in [-0.15, -0.1) is 0 Å². The van der Waals surface area contributed by atoms with Crippen molar-refractivity contribution in [2.75, 3.05) is 5.32 Å². The number of hydrogen-bond donors (Lipinski definition) is 2. The SMILES string of the molecule is Cc1nc(Cl)ccc1NC(=O)CC(N)C(C)(C)C. The maximum Gasteiger partial charge on any atom is 0.226 e. The highest BCUT2D eigenvalue weighted by molar-refractivity contribution is 6.29. The van der Waals surface area contributed by atoms with Gasteiger partial charge in [0.15, 0.2) is 0 Å². The van der Waals surface area contributed by atoms with Gasteiger partial charge in [0, 0.05) is 12.5 Å². The van der Waals surface area contributed by atoms with E-state index >= 15 is 0 Å². The highest BCUT2D eigenvalue weighted by Gasteiger charge is 2.23. The molecule has 0 radical (unpaired) electrons. The predicted molar refractivity (Wildman–Crippen MR) is 74.7 cm³/mol. The molecule has 0 saturated heterocycles. The average molecular weight is 270 g/mol. The minimum absolute atomic E-state index is 0.0926. The van der Waals surface area contributed by atoms with E-state index in [-0.39, 0.29) is 23.8 Å². The molecule has 1 aromatic rings. The monoisotopic (exact) mass is 269 g/mol. The fourth-order valence-corrected chi connectivity index (χ4v) is 1.56. The van der Waals surface area contributed by atoms with Crippen LogP contribution in [0.15, 0.2) is 12.1 Å². The van der Waals surface area contributed by atoms with Crippen molar-refractivity contribution < 1.29 is 4.79 Å². The van der Waals surface area contributed by atoms with E-state index < -0.39 is 0 Å². The van der Waals surface area contributed by atoms with Crippen LogP contribution in [-0.2, 0) is 4.79 Å². The minimum atomic E-state index is -0.182. The second-order valence-corrected chi connectivity index (χ2v) is 5.88. The Morgan fingerprint density at radius 3 is 2.61 bits per heavy atom. The number of nitrogens with one attached hydrogen (secondary N) is 1. The first kappa shape index (κ1) is 14.9. The summed E-state index contributed by atoms with van der Waals surface area (Å²) in [5.74, 6) is -0.107. The van der Waals surface area contributed by atoms with Crippen LogP contribution in [0.2, 0.25) is 5.15 Å². The number of aryl methyl sites for hydroxylation is 1. The molecule has 0 aromatic carbocycles. The van der Waals surface area contributed by atoms with Crippen molar-refractivity contribution in [2.45, 2.75) is 40.2 Å². The van der Waals surface area contributed by atoms with Crippen LogP contribution in [0.3, 0.4) is 0 Å². The lowest BCUT2D eigenvalue weighted by molar-refractivity contribution is -0.117. The van der Waals surface area contributed by atoms with Crippen molar-refractivity contribution in [3.63, 3.8) is 0 Å². The third kappa shape index (κ3) is 4.27. The molecule has 1 heterocycles. The fourth-order valence-electron chi connectivity index (χ4n) is 1.37. The number of aromatic nitrogens is 1. The van der Waals surface area contributed by atoms with Gasteiger partial charge in [-0.1, -0.05) is 32.4 Å². The zero-order valence-electron chi connectivity index (χ0n) is 11.2. The van der Waals surface area contributed by atoms with Gasteiger partial charge in [-0.05, 0) is 24.5 Å². The standard InChI is InChI=1S/C13H20ClN3O/c1-8-9(5-6-11(14)16-8)17-12(18)7-10(15)13(2,3)4/h5-6,10H,7,15H2,1-4H3,(H,17,18). The molecule has 4 nitrogen and oxygen atoms in total. The maximum atomic E-state index is 11.9. The molecule has 0 spiro atoms. The van der Waals surface area contributed by atoms with Crippen molar-refractivity contribution in [3.05, 3.63) is 23.0 Å².